The highest BCUT2D eigenvalue weighted by molar-refractivity contribution is 6.07. The second-order valence-electron chi connectivity index (χ2n) is 7.95. The number of aromatic nitrogens is 2. The van der Waals surface area contributed by atoms with Crippen molar-refractivity contribution in [1.82, 2.24) is 20.2 Å². The summed E-state index contributed by atoms with van der Waals surface area (Å²) in [5, 5.41) is 4.16. The minimum Gasteiger partial charge on any atom is -0.339 e. The van der Waals surface area contributed by atoms with Crippen LogP contribution in [0, 0.1) is 12.8 Å². The van der Waals surface area contributed by atoms with Gasteiger partial charge in [0.15, 0.2) is 0 Å². The average molecular weight is 389 g/mol. The van der Waals surface area contributed by atoms with Crippen molar-refractivity contribution in [1.29, 1.82) is 0 Å². The average Bonchev–Trinajstić information content (AvgIpc) is 2.77. The molecule has 29 heavy (non-hydrogen) atoms. The largest absolute Gasteiger partial charge is 0.339 e. The van der Waals surface area contributed by atoms with E-state index in [1.165, 1.54) is 6.42 Å². The third-order valence-electron chi connectivity index (χ3n) is 5.86. The van der Waals surface area contributed by atoms with Crippen molar-refractivity contribution in [3.05, 3.63) is 59.9 Å². The van der Waals surface area contributed by atoms with Crippen molar-refractivity contribution >= 4 is 16.8 Å². The van der Waals surface area contributed by atoms with Gasteiger partial charge in [0.2, 0.25) is 0 Å². The van der Waals surface area contributed by atoms with Gasteiger partial charge in [-0.15, -0.1) is 0 Å². The lowest BCUT2D eigenvalue weighted by Crippen LogP contribution is -2.39. The fourth-order valence-corrected chi connectivity index (χ4v) is 4.12. The van der Waals surface area contributed by atoms with E-state index in [2.05, 4.69) is 23.3 Å². The van der Waals surface area contributed by atoms with E-state index in [9.17, 15) is 4.79 Å². The molecule has 5 nitrogen and oxygen atoms in total. The van der Waals surface area contributed by atoms with E-state index in [0.29, 0.717) is 5.92 Å². The summed E-state index contributed by atoms with van der Waals surface area (Å²) in [4.78, 5) is 24.5. The molecule has 1 aliphatic heterocycles. The number of rotatable bonds is 5. The van der Waals surface area contributed by atoms with Crippen LogP contribution in [-0.4, -0.2) is 47.5 Å². The van der Waals surface area contributed by atoms with Crippen LogP contribution in [0.2, 0.25) is 0 Å². The lowest BCUT2D eigenvalue weighted by atomic mass is 9.93. The molecule has 2 aromatic heterocycles. The minimum absolute atomic E-state index is 0.111. The van der Waals surface area contributed by atoms with Crippen LogP contribution in [0.15, 0.2) is 48.8 Å². The molecule has 1 N–H and O–H groups in total. The summed E-state index contributed by atoms with van der Waals surface area (Å²) >= 11 is 0. The van der Waals surface area contributed by atoms with Crippen LogP contribution in [0.4, 0.5) is 0 Å². The number of carbonyl (C=O) groups is 1. The number of benzene rings is 1. The normalized spacial score (nSPS) is 15.0. The Kier molecular flexibility index (Phi) is 5.86. The number of likely N-dealkylation sites (tertiary alicyclic amines) is 1. The van der Waals surface area contributed by atoms with Crippen LogP contribution in [0.1, 0.15) is 35.2 Å². The fraction of sp³-hybridized carbons (Fsp3) is 0.375. The van der Waals surface area contributed by atoms with Gasteiger partial charge < -0.3 is 10.2 Å². The standard InChI is InChI=1S/C24H28N4O/c1-17-5-6-22-20(14-17)21(15-23(27-22)19-4-3-10-26-16-19)24(29)28-12-8-18(9-13-28)7-11-25-2/h3-6,10,14-16,18,25H,7-9,11-13H2,1-2H3. The highest BCUT2D eigenvalue weighted by Crippen LogP contribution is 2.28. The number of hydrogen-bond donors (Lipinski definition) is 1. The molecule has 0 aliphatic carbocycles. The molecule has 4 rings (SSSR count). The second kappa shape index (κ2) is 8.70. The molecule has 3 heterocycles. The molecule has 0 unspecified atom stereocenters. The number of piperidine rings is 1. The van der Waals surface area contributed by atoms with E-state index in [4.69, 9.17) is 4.98 Å². The summed E-state index contributed by atoms with van der Waals surface area (Å²) in [5.41, 5.74) is 4.44. The molecule has 0 bridgehead atoms. The van der Waals surface area contributed by atoms with Crippen molar-refractivity contribution in [2.45, 2.75) is 26.2 Å². The third-order valence-corrected chi connectivity index (χ3v) is 5.86. The Hall–Kier alpha value is -2.79. The number of nitrogens with one attached hydrogen (secondary N) is 1. The Morgan fingerprint density at radius 2 is 2.03 bits per heavy atom. The summed E-state index contributed by atoms with van der Waals surface area (Å²) < 4.78 is 0. The highest BCUT2D eigenvalue weighted by atomic mass is 16.2. The number of pyridine rings is 2. The number of amides is 1. The molecule has 1 saturated heterocycles. The van der Waals surface area contributed by atoms with Crippen LogP contribution in [0.25, 0.3) is 22.2 Å². The highest BCUT2D eigenvalue weighted by Gasteiger charge is 2.25. The first-order valence-corrected chi connectivity index (χ1v) is 10.4. The van der Waals surface area contributed by atoms with Crippen molar-refractivity contribution in [2.24, 2.45) is 5.92 Å². The van der Waals surface area contributed by atoms with Crippen LogP contribution in [0.5, 0.6) is 0 Å². The topological polar surface area (TPSA) is 58.1 Å². The molecule has 150 valence electrons. The first kappa shape index (κ1) is 19.5. The van der Waals surface area contributed by atoms with Crippen LogP contribution >= 0.6 is 0 Å². The van der Waals surface area contributed by atoms with E-state index in [1.807, 2.05) is 42.3 Å². The van der Waals surface area contributed by atoms with Gasteiger partial charge in [0.25, 0.3) is 5.91 Å². The molecule has 0 spiro atoms. The van der Waals surface area contributed by atoms with Gasteiger partial charge in [0, 0.05) is 36.4 Å². The Morgan fingerprint density at radius 1 is 1.21 bits per heavy atom. The number of hydrogen-bond acceptors (Lipinski definition) is 4. The Bertz CT molecular complexity index is 994. The molecule has 0 saturated carbocycles. The lowest BCUT2D eigenvalue weighted by molar-refractivity contribution is 0.0689. The Morgan fingerprint density at radius 3 is 2.76 bits per heavy atom. The molecule has 1 fully saturated rings. The zero-order valence-electron chi connectivity index (χ0n) is 17.2. The quantitative estimate of drug-likeness (QED) is 0.716. The molecule has 1 aromatic carbocycles. The maximum Gasteiger partial charge on any atom is 0.254 e. The molecule has 0 radical (unpaired) electrons. The zero-order chi connectivity index (χ0) is 20.2. The predicted molar refractivity (Wildman–Crippen MR) is 117 cm³/mol. The lowest BCUT2D eigenvalue weighted by Gasteiger charge is -2.32. The van der Waals surface area contributed by atoms with Gasteiger partial charge in [-0.1, -0.05) is 11.6 Å². The predicted octanol–water partition coefficient (Wildman–Crippen LogP) is 4.07. The summed E-state index contributed by atoms with van der Waals surface area (Å²) in [6, 6.07) is 11.9. The first-order chi connectivity index (χ1) is 14.2. The summed E-state index contributed by atoms with van der Waals surface area (Å²) in [6.45, 7) is 4.74. The second-order valence-corrected chi connectivity index (χ2v) is 7.95. The number of aryl methyl sites for hydroxylation is 1. The summed E-state index contributed by atoms with van der Waals surface area (Å²) in [6.07, 6.45) is 6.87. The maximum absolute atomic E-state index is 13.5. The van der Waals surface area contributed by atoms with E-state index in [-0.39, 0.29) is 5.91 Å². The summed E-state index contributed by atoms with van der Waals surface area (Å²) in [5.74, 6) is 0.814. The Labute approximate surface area is 172 Å². The fourth-order valence-electron chi connectivity index (χ4n) is 4.12. The molecule has 5 heteroatoms. The molecular formula is C24H28N4O. The molecule has 1 aliphatic rings. The molecular weight excluding hydrogens is 360 g/mol. The maximum atomic E-state index is 13.5. The van der Waals surface area contributed by atoms with Gasteiger partial charge in [-0.3, -0.25) is 9.78 Å². The first-order valence-electron chi connectivity index (χ1n) is 10.4. The minimum atomic E-state index is 0.111. The van der Waals surface area contributed by atoms with Crippen LogP contribution in [-0.2, 0) is 0 Å². The van der Waals surface area contributed by atoms with Crippen LogP contribution < -0.4 is 5.32 Å². The molecule has 1 amide bonds. The third kappa shape index (κ3) is 4.30. The van der Waals surface area contributed by atoms with Crippen LogP contribution in [0.3, 0.4) is 0 Å². The molecule has 0 atom stereocenters. The van der Waals surface area contributed by atoms with Crippen molar-refractivity contribution in [3.63, 3.8) is 0 Å². The number of fused-ring (bicyclic) bond motifs is 1. The van der Waals surface area contributed by atoms with E-state index < -0.39 is 0 Å². The Balaban J connectivity index is 1.67. The SMILES string of the molecule is CNCCC1CCN(C(=O)c2cc(-c3cccnc3)nc3ccc(C)cc23)CC1. The van der Waals surface area contributed by atoms with Crippen molar-refractivity contribution in [2.75, 3.05) is 26.7 Å². The monoisotopic (exact) mass is 388 g/mol. The zero-order valence-corrected chi connectivity index (χ0v) is 17.2. The van der Waals surface area contributed by atoms with E-state index in [1.54, 1.807) is 12.4 Å². The number of nitrogens with zero attached hydrogens (tertiary/aromatic N) is 3. The van der Waals surface area contributed by atoms with Gasteiger partial charge in [-0.05, 0) is 76.0 Å². The van der Waals surface area contributed by atoms with Gasteiger partial charge >= 0.3 is 0 Å². The van der Waals surface area contributed by atoms with Crippen molar-refractivity contribution < 1.29 is 4.79 Å². The van der Waals surface area contributed by atoms with Crippen molar-refractivity contribution in [3.8, 4) is 11.3 Å². The number of carbonyl (C=O) groups excluding carboxylic acids is 1. The van der Waals surface area contributed by atoms with Gasteiger partial charge in [0.05, 0.1) is 16.8 Å². The summed E-state index contributed by atoms with van der Waals surface area (Å²) in [7, 11) is 2.00. The van der Waals surface area contributed by atoms with Gasteiger partial charge in [-0.25, -0.2) is 4.98 Å². The smallest absolute Gasteiger partial charge is 0.254 e. The van der Waals surface area contributed by atoms with E-state index >= 15 is 0 Å². The van der Waals surface area contributed by atoms with E-state index in [0.717, 1.165) is 65.8 Å². The van der Waals surface area contributed by atoms with Gasteiger partial charge in [0.1, 0.15) is 0 Å². The molecule has 3 aromatic rings. The van der Waals surface area contributed by atoms with Gasteiger partial charge in [-0.2, -0.15) is 0 Å².